The third kappa shape index (κ3) is 6.05. The molecule has 0 aliphatic carbocycles. The minimum absolute atomic E-state index is 0.0592. The van der Waals surface area contributed by atoms with Gasteiger partial charge in [0.15, 0.2) is 0 Å². The molecule has 1 fully saturated rings. The predicted octanol–water partition coefficient (Wildman–Crippen LogP) is 4.49. The molecule has 1 amide bonds. The van der Waals surface area contributed by atoms with Gasteiger partial charge in [0.25, 0.3) is 5.56 Å². The molecule has 0 bridgehead atoms. The third-order valence-electron chi connectivity index (χ3n) is 6.09. The summed E-state index contributed by atoms with van der Waals surface area (Å²) in [6, 6.07) is 7.51. The van der Waals surface area contributed by atoms with Gasteiger partial charge in [0, 0.05) is 36.8 Å². The lowest BCUT2D eigenvalue weighted by Gasteiger charge is -2.34. The van der Waals surface area contributed by atoms with Gasteiger partial charge in [-0.2, -0.15) is 0 Å². The summed E-state index contributed by atoms with van der Waals surface area (Å²) in [5.74, 6) is -0.644. The van der Waals surface area contributed by atoms with E-state index in [1.807, 2.05) is 0 Å². The maximum atomic E-state index is 14.6. The van der Waals surface area contributed by atoms with E-state index in [1.165, 1.54) is 41.2 Å². The largest absolute Gasteiger partial charge is 0.444 e. The van der Waals surface area contributed by atoms with Crippen molar-refractivity contribution in [1.82, 2.24) is 19.4 Å². The number of amides is 1. The van der Waals surface area contributed by atoms with E-state index in [4.69, 9.17) is 16.3 Å². The van der Waals surface area contributed by atoms with E-state index >= 15 is 0 Å². The Morgan fingerprint density at radius 2 is 1.95 bits per heavy atom. The number of rotatable bonds is 5. The molecule has 1 saturated heterocycles. The molecule has 1 unspecified atom stereocenters. The molecule has 1 aliphatic rings. The summed E-state index contributed by atoms with van der Waals surface area (Å²) in [5, 5.41) is -0.413. The fourth-order valence-corrected chi connectivity index (χ4v) is 5.13. The highest BCUT2D eigenvalue weighted by molar-refractivity contribution is 7.90. The lowest BCUT2D eigenvalue weighted by Crippen LogP contribution is -2.45. The minimum Gasteiger partial charge on any atom is -0.444 e. The van der Waals surface area contributed by atoms with Crippen molar-refractivity contribution in [2.75, 3.05) is 12.8 Å². The number of pyridine rings is 1. The number of likely N-dealkylation sites (tertiary alicyclic amines) is 1. The van der Waals surface area contributed by atoms with Gasteiger partial charge >= 0.3 is 6.09 Å². The molecule has 4 rings (SSSR count). The second kappa shape index (κ2) is 10.5. The maximum absolute atomic E-state index is 14.6. The molecule has 0 N–H and O–H groups in total. The molecule has 0 saturated carbocycles. The van der Waals surface area contributed by atoms with Crippen LogP contribution in [0.4, 0.5) is 9.18 Å². The van der Waals surface area contributed by atoms with Gasteiger partial charge in [0.2, 0.25) is 15.0 Å². The Hall–Kier alpha value is -3.31. The maximum Gasteiger partial charge on any atom is 0.410 e. The first-order valence-electron chi connectivity index (χ1n) is 11.9. The zero-order valence-corrected chi connectivity index (χ0v) is 23.0. The summed E-state index contributed by atoms with van der Waals surface area (Å²) >= 11 is 5.92. The Balaban J connectivity index is 1.80. The molecular formula is C26H28ClFN4O5S. The standard InChI is InChI=1S/C26H28ClFN4O5S/c1-26(2,3)37-25(34)31-12-5-6-21(31)23(17-7-8-18(27)19(28)14-17)32-13-10-16(15-22(32)33)20-9-11-29-24(30-20)38(4,35)36/h7-11,13-15,21,23H,5-6,12H2,1-4H3/t21?,23-/m0/s1. The quantitative estimate of drug-likeness (QED) is 0.421. The zero-order valence-electron chi connectivity index (χ0n) is 21.4. The number of benzene rings is 1. The van der Waals surface area contributed by atoms with Crippen LogP contribution < -0.4 is 5.56 Å². The highest BCUT2D eigenvalue weighted by Crippen LogP contribution is 2.34. The second-order valence-corrected chi connectivity index (χ2v) is 12.5. The van der Waals surface area contributed by atoms with Crippen LogP contribution in [-0.4, -0.2) is 58.4 Å². The normalized spacial score (nSPS) is 16.9. The van der Waals surface area contributed by atoms with Gasteiger partial charge < -0.3 is 14.2 Å². The van der Waals surface area contributed by atoms with Crippen LogP contribution in [0.25, 0.3) is 11.3 Å². The first kappa shape index (κ1) is 27.7. The van der Waals surface area contributed by atoms with E-state index in [9.17, 15) is 22.4 Å². The zero-order chi connectivity index (χ0) is 27.8. The van der Waals surface area contributed by atoms with Gasteiger partial charge in [0.1, 0.15) is 11.4 Å². The fourth-order valence-electron chi connectivity index (χ4n) is 4.49. The van der Waals surface area contributed by atoms with Crippen molar-refractivity contribution in [3.05, 3.63) is 75.5 Å². The molecule has 38 heavy (non-hydrogen) atoms. The summed E-state index contributed by atoms with van der Waals surface area (Å²) in [4.78, 5) is 36.0. The molecule has 2 aromatic heterocycles. The number of sulfone groups is 1. The van der Waals surface area contributed by atoms with Crippen molar-refractivity contribution in [1.29, 1.82) is 0 Å². The van der Waals surface area contributed by atoms with Crippen LogP contribution in [-0.2, 0) is 14.6 Å². The summed E-state index contributed by atoms with van der Waals surface area (Å²) < 4.78 is 45.3. The molecule has 9 nitrogen and oxygen atoms in total. The van der Waals surface area contributed by atoms with Crippen LogP contribution >= 0.6 is 11.6 Å². The number of hydrogen-bond donors (Lipinski definition) is 0. The minimum atomic E-state index is -3.65. The van der Waals surface area contributed by atoms with Crippen LogP contribution in [0.2, 0.25) is 5.02 Å². The highest BCUT2D eigenvalue weighted by Gasteiger charge is 2.39. The van der Waals surface area contributed by atoms with E-state index in [1.54, 1.807) is 37.8 Å². The van der Waals surface area contributed by atoms with E-state index in [0.29, 0.717) is 30.5 Å². The molecular weight excluding hydrogens is 535 g/mol. The van der Waals surface area contributed by atoms with E-state index in [2.05, 4.69) is 9.97 Å². The number of carbonyl (C=O) groups excluding carboxylic acids is 1. The van der Waals surface area contributed by atoms with Crippen LogP contribution in [0.15, 0.2) is 58.7 Å². The van der Waals surface area contributed by atoms with Crippen LogP contribution in [0.3, 0.4) is 0 Å². The summed E-state index contributed by atoms with van der Waals surface area (Å²) in [7, 11) is -3.65. The SMILES string of the molecule is CC(C)(C)OC(=O)N1CCCC1[C@H](c1ccc(Cl)c(F)c1)n1ccc(-c2ccnc(S(C)(=O)=O)n2)cc1=O. The van der Waals surface area contributed by atoms with Crippen molar-refractivity contribution in [3.63, 3.8) is 0 Å². The van der Waals surface area contributed by atoms with Crippen molar-refractivity contribution in [3.8, 4) is 11.3 Å². The number of halogens is 2. The lowest BCUT2D eigenvalue weighted by atomic mass is 9.96. The van der Waals surface area contributed by atoms with Crippen molar-refractivity contribution < 1.29 is 22.3 Å². The molecule has 2 atom stereocenters. The van der Waals surface area contributed by atoms with Crippen LogP contribution in [0.5, 0.6) is 0 Å². The Bertz CT molecular complexity index is 1540. The first-order valence-corrected chi connectivity index (χ1v) is 14.2. The number of ether oxygens (including phenoxy) is 1. The molecule has 0 radical (unpaired) electrons. The number of hydrogen-bond acceptors (Lipinski definition) is 7. The van der Waals surface area contributed by atoms with Crippen LogP contribution in [0.1, 0.15) is 45.2 Å². The van der Waals surface area contributed by atoms with Gasteiger partial charge in [0.05, 0.1) is 22.8 Å². The lowest BCUT2D eigenvalue weighted by molar-refractivity contribution is 0.0195. The van der Waals surface area contributed by atoms with Gasteiger partial charge in [-0.25, -0.2) is 27.6 Å². The Labute approximate surface area is 225 Å². The number of carbonyl (C=O) groups is 1. The number of nitrogens with zero attached hydrogens (tertiary/aromatic N) is 4. The average Bonchev–Trinajstić information content (AvgIpc) is 3.31. The topological polar surface area (TPSA) is 111 Å². The number of aromatic nitrogens is 3. The van der Waals surface area contributed by atoms with Crippen molar-refractivity contribution in [2.24, 2.45) is 0 Å². The molecule has 1 aromatic carbocycles. The van der Waals surface area contributed by atoms with E-state index in [0.717, 1.165) is 6.26 Å². The van der Waals surface area contributed by atoms with Gasteiger partial charge in [-0.3, -0.25) is 4.79 Å². The molecule has 3 heterocycles. The van der Waals surface area contributed by atoms with E-state index < -0.39 is 45.0 Å². The van der Waals surface area contributed by atoms with Gasteiger partial charge in [-0.05, 0) is 63.4 Å². The predicted molar refractivity (Wildman–Crippen MR) is 140 cm³/mol. The van der Waals surface area contributed by atoms with E-state index in [-0.39, 0.29) is 15.9 Å². The smallest absolute Gasteiger partial charge is 0.410 e. The molecule has 3 aromatic rings. The summed E-state index contributed by atoms with van der Waals surface area (Å²) in [6.45, 7) is 5.74. The monoisotopic (exact) mass is 562 g/mol. The summed E-state index contributed by atoms with van der Waals surface area (Å²) in [6.07, 6.45) is 4.56. The molecule has 0 spiro atoms. The first-order chi connectivity index (χ1) is 17.7. The molecule has 202 valence electrons. The summed E-state index contributed by atoms with van der Waals surface area (Å²) in [5.41, 5.74) is -0.0560. The fraction of sp³-hybridized carbons (Fsp3) is 0.385. The van der Waals surface area contributed by atoms with Crippen LogP contribution in [0, 0.1) is 5.82 Å². The third-order valence-corrected chi connectivity index (χ3v) is 7.25. The Kier molecular flexibility index (Phi) is 7.62. The Morgan fingerprint density at radius 3 is 2.58 bits per heavy atom. The highest BCUT2D eigenvalue weighted by atomic mass is 35.5. The van der Waals surface area contributed by atoms with Crippen molar-refractivity contribution in [2.45, 2.75) is 56.5 Å². The average molecular weight is 563 g/mol. The Morgan fingerprint density at radius 1 is 1.21 bits per heavy atom. The van der Waals surface area contributed by atoms with Crippen molar-refractivity contribution >= 4 is 27.5 Å². The molecule has 1 aliphatic heterocycles. The van der Waals surface area contributed by atoms with Gasteiger partial charge in [-0.1, -0.05) is 17.7 Å². The molecule has 12 heteroatoms. The second-order valence-electron chi connectivity index (χ2n) is 10.2. The van der Waals surface area contributed by atoms with Gasteiger partial charge in [-0.15, -0.1) is 0 Å².